The van der Waals surface area contributed by atoms with Crippen molar-refractivity contribution in [3.05, 3.63) is 52.1 Å². The third kappa shape index (κ3) is 6.15. The van der Waals surface area contributed by atoms with Crippen molar-refractivity contribution in [1.82, 2.24) is 9.71 Å². The highest BCUT2D eigenvalue weighted by Crippen LogP contribution is 2.24. The zero-order valence-corrected chi connectivity index (χ0v) is 19.0. The zero-order chi connectivity index (χ0) is 20.9. The maximum absolute atomic E-state index is 12.6. The standard InChI is InChI=1S/C20H26BrN3O4S/c1-3-17-13-28-9-8-24(17)20-11-16(10-19(21)23-20)14-29(25,26)22-12-15-4-6-18(27-2)7-5-15/h4-7,10-11,17,22H,3,8-9,12-14H2,1-2H3/t17-/m0/s1. The fourth-order valence-electron chi connectivity index (χ4n) is 3.27. The smallest absolute Gasteiger partial charge is 0.216 e. The van der Waals surface area contributed by atoms with Crippen LogP contribution in [0.15, 0.2) is 41.0 Å². The topological polar surface area (TPSA) is 80.8 Å². The molecule has 0 unspecified atom stereocenters. The van der Waals surface area contributed by atoms with Gasteiger partial charge in [0.05, 0.1) is 32.1 Å². The Morgan fingerprint density at radius 1 is 1.28 bits per heavy atom. The molecule has 2 aromatic rings. The average Bonchev–Trinajstić information content (AvgIpc) is 2.72. The van der Waals surface area contributed by atoms with Gasteiger partial charge < -0.3 is 14.4 Å². The van der Waals surface area contributed by atoms with Crippen LogP contribution in [0.3, 0.4) is 0 Å². The number of hydrogen-bond acceptors (Lipinski definition) is 6. The largest absolute Gasteiger partial charge is 0.497 e. The van der Waals surface area contributed by atoms with E-state index in [1.807, 2.05) is 30.3 Å². The van der Waals surface area contributed by atoms with Crippen LogP contribution < -0.4 is 14.4 Å². The van der Waals surface area contributed by atoms with E-state index in [4.69, 9.17) is 9.47 Å². The van der Waals surface area contributed by atoms with Crippen LogP contribution in [0.25, 0.3) is 0 Å². The molecule has 7 nitrogen and oxygen atoms in total. The number of ether oxygens (including phenoxy) is 2. The second-order valence-electron chi connectivity index (χ2n) is 6.91. The van der Waals surface area contributed by atoms with Gasteiger partial charge >= 0.3 is 0 Å². The first-order chi connectivity index (χ1) is 13.9. The minimum absolute atomic E-state index is 0.113. The maximum atomic E-state index is 12.6. The van der Waals surface area contributed by atoms with E-state index in [1.54, 1.807) is 13.2 Å². The summed E-state index contributed by atoms with van der Waals surface area (Å²) in [6.07, 6.45) is 0.936. The summed E-state index contributed by atoms with van der Waals surface area (Å²) < 4.78 is 39.2. The first-order valence-electron chi connectivity index (χ1n) is 9.51. The molecule has 1 saturated heterocycles. The third-order valence-corrected chi connectivity index (χ3v) is 6.55. The molecule has 2 heterocycles. The lowest BCUT2D eigenvalue weighted by Gasteiger charge is -2.36. The number of nitrogens with one attached hydrogen (secondary N) is 1. The number of anilines is 1. The summed E-state index contributed by atoms with van der Waals surface area (Å²) in [5.41, 5.74) is 1.55. The molecule has 1 atom stereocenters. The monoisotopic (exact) mass is 483 g/mol. The summed E-state index contributed by atoms with van der Waals surface area (Å²) in [6.45, 7) is 4.37. The van der Waals surface area contributed by atoms with E-state index in [0.29, 0.717) is 23.4 Å². The normalized spacial score (nSPS) is 17.3. The van der Waals surface area contributed by atoms with Crippen molar-refractivity contribution in [2.24, 2.45) is 0 Å². The van der Waals surface area contributed by atoms with Gasteiger partial charge in [-0.15, -0.1) is 0 Å². The van der Waals surface area contributed by atoms with Gasteiger partial charge in [-0.1, -0.05) is 19.1 Å². The van der Waals surface area contributed by atoms with Crippen LogP contribution in [0.1, 0.15) is 24.5 Å². The van der Waals surface area contributed by atoms with Gasteiger partial charge in [-0.2, -0.15) is 0 Å². The fourth-order valence-corrected chi connectivity index (χ4v) is 4.84. The van der Waals surface area contributed by atoms with Crippen molar-refractivity contribution in [3.63, 3.8) is 0 Å². The highest BCUT2D eigenvalue weighted by atomic mass is 79.9. The maximum Gasteiger partial charge on any atom is 0.216 e. The SMILES string of the molecule is CC[C@H]1COCCN1c1cc(CS(=O)(=O)NCc2ccc(OC)cc2)cc(Br)n1. The summed E-state index contributed by atoms with van der Waals surface area (Å²) in [5.74, 6) is 1.40. The van der Waals surface area contributed by atoms with Gasteiger partial charge in [0.15, 0.2) is 0 Å². The van der Waals surface area contributed by atoms with Crippen LogP contribution in [0.2, 0.25) is 0 Å². The number of benzene rings is 1. The second-order valence-corrected chi connectivity index (χ2v) is 9.53. The van der Waals surface area contributed by atoms with Gasteiger partial charge in [0.25, 0.3) is 0 Å². The van der Waals surface area contributed by atoms with E-state index in [2.05, 4.69) is 37.5 Å². The van der Waals surface area contributed by atoms with E-state index in [1.165, 1.54) is 0 Å². The van der Waals surface area contributed by atoms with Gasteiger partial charge in [0, 0.05) is 13.1 Å². The summed E-state index contributed by atoms with van der Waals surface area (Å²) in [7, 11) is -1.91. The van der Waals surface area contributed by atoms with E-state index >= 15 is 0 Å². The summed E-state index contributed by atoms with van der Waals surface area (Å²) in [5, 5.41) is 0. The number of rotatable bonds is 8. The van der Waals surface area contributed by atoms with Crippen molar-refractivity contribution >= 4 is 31.8 Å². The van der Waals surface area contributed by atoms with Gasteiger partial charge in [0.1, 0.15) is 16.2 Å². The summed E-state index contributed by atoms with van der Waals surface area (Å²) in [6, 6.07) is 11.1. The van der Waals surface area contributed by atoms with Crippen molar-refractivity contribution < 1.29 is 17.9 Å². The Bertz CT molecular complexity index is 922. The lowest BCUT2D eigenvalue weighted by molar-refractivity contribution is 0.0925. The second kappa shape index (κ2) is 9.88. The molecule has 1 aromatic carbocycles. The number of aromatic nitrogens is 1. The highest BCUT2D eigenvalue weighted by molar-refractivity contribution is 9.10. The minimum Gasteiger partial charge on any atom is -0.497 e. The molecule has 1 N–H and O–H groups in total. The Hall–Kier alpha value is -1.68. The summed E-state index contributed by atoms with van der Waals surface area (Å²) in [4.78, 5) is 6.75. The Morgan fingerprint density at radius 2 is 2.03 bits per heavy atom. The highest BCUT2D eigenvalue weighted by Gasteiger charge is 2.24. The molecule has 1 aromatic heterocycles. The molecule has 0 radical (unpaired) electrons. The number of nitrogens with zero attached hydrogens (tertiary/aromatic N) is 2. The van der Waals surface area contributed by atoms with Crippen molar-refractivity contribution in [2.75, 3.05) is 31.8 Å². The number of halogens is 1. The van der Waals surface area contributed by atoms with Crippen LogP contribution in [-0.2, 0) is 27.1 Å². The number of sulfonamides is 1. The Balaban J connectivity index is 1.70. The molecule has 0 bridgehead atoms. The summed E-state index contributed by atoms with van der Waals surface area (Å²) >= 11 is 3.42. The first kappa shape index (κ1) is 22.0. The van der Waals surface area contributed by atoms with Crippen LogP contribution >= 0.6 is 15.9 Å². The van der Waals surface area contributed by atoms with Crippen molar-refractivity contribution in [2.45, 2.75) is 31.7 Å². The first-order valence-corrected chi connectivity index (χ1v) is 12.0. The third-order valence-electron chi connectivity index (χ3n) is 4.85. The molecule has 158 valence electrons. The van der Waals surface area contributed by atoms with Crippen LogP contribution in [0, 0.1) is 0 Å². The van der Waals surface area contributed by atoms with Gasteiger partial charge in [-0.3, -0.25) is 0 Å². The molecule has 1 fully saturated rings. The molecule has 0 saturated carbocycles. The predicted octanol–water partition coefficient (Wildman–Crippen LogP) is 3.09. The fraction of sp³-hybridized carbons (Fsp3) is 0.450. The molecule has 1 aliphatic heterocycles. The van der Waals surface area contributed by atoms with E-state index in [-0.39, 0.29) is 18.3 Å². The lowest BCUT2D eigenvalue weighted by Crippen LogP contribution is -2.45. The van der Waals surface area contributed by atoms with Gasteiger partial charge in [-0.25, -0.2) is 18.1 Å². The predicted molar refractivity (Wildman–Crippen MR) is 117 cm³/mol. The van der Waals surface area contributed by atoms with Crippen molar-refractivity contribution in [3.8, 4) is 5.75 Å². The number of methoxy groups -OCH3 is 1. The zero-order valence-electron chi connectivity index (χ0n) is 16.6. The minimum atomic E-state index is -3.50. The van der Waals surface area contributed by atoms with Crippen LogP contribution in [0.4, 0.5) is 5.82 Å². The molecule has 3 rings (SSSR count). The molecule has 9 heteroatoms. The van der Waals surface area contributed by atoms with Crippen molar-refractivity contribution in [1.29, 1.82) is 0 Å². The van der Waals surface area contributed by atoms with Crippen LogP contribution in [0.5, 0.6) is 5.75 Å². The van der Waals surface area contributed by atoms with E-state index in [9.17, 15) is 8.42 Å². The Kier molecular flexibility index (Phi) is 7.50. The molecule has 1 aliphatic rings. The number of morpholine rings is 1. The molecular weight excluding hydrogens is 458 g/mol. The lowest BCUT2D eigenvalue weighted by atomic mass is 10.1. The quantitative estimate of drug-likeness (QED) is 0.581. The van der Waals surface area contributed by atoms with E-state index < -0.39 is 10.0 Å². The van der Waals surface area contributed by atoms with Gasteiger partial charge in [-0.05, 0) is 57.7 Å². The molecule has 29 heavy (non-hydrogen) atoms. The van der Waals surface area contributed by atoms with Crippen LogP contribution in [-0.4, -0.2) is 46.3 Å². The number of hydrogen-bond donors (Lipinski definition) is 1. The molecule has 0 aliphatic carbocycles. The molecular formula is C20H26BrN3O4S. The molecule has 0 amide bonds. The van der Waals surface area contributed by atoms with E-state index in [0.717, 1.165) is 30.1 Å². The Morgan fingerprint density at radius 3 is 2.72 bits per heavy atom. The average molecular weight is 484 g/mol. The number of pyridine rings is 1. The Labute approximate surface area is 180 Å². The molecule has 0 spiro atoms. The van der Waals surface area contributed by atoms with Gasteiger partial charge in [0.2, 0.25) is 10.0 Å².